The average molecular weight is 315 g/mol. The highest BCUT2D eigenvalue weighted by molar-refractivity contribution is 5.83. The number of rotatable bonds is 5. The number of benzene rings is 1. The molecule has 1 aromatic carbocycles. The van der Waals surface area contributed by atoms with Crippen LogP contribution in [0.25, 0.3) is 0 Å². The SMILES string of the molecule is CN(CCC(=O)O)C(=O)C1CC1c1ccccc1C(F)(F)F. The maximum Gasteiger partial charge on any atom is 0.416 e. The number of hydrogen-bond acceptors (Lipinski definition) is 2. The first kappa shape index (κ1) is 16.3. The summed E-state index contributed by atoms with van der Waals surface area (Å²) in [4.78, 5) is 23.9. The van der Waals surface area contributed by atoms with Crippen LogP contribution >= 0.6 is 0 Å². The standard InChI is InChI=1S/C15H16F3NO3/c1-19(7-6-13(20)21)14(22)11-8-10(11)9-4-2-3-5-12(9)15(16,17)18/h2-5,10-11H,6-8H2,1H3,(H,20,21). The van der Waals surface area contributed by atoms with E-state index in [2.05, 4.69) is 0 Å². The molecule has 1 aliphatic carbocycles. The molecule has 7 heteroatoms. The van der Waals surface area contributed by atoms with Gasteiger partial charge >= 0.3 is 12.1 Å². The lowest BCUT2D eigenvalue weighted by atomic mass is 10.0. The van der Waals surface area contributed by atoms with Crippen LogP contribution in [0.1, 0.15) is 29.9 Å². The molecule has 0 aromatic heterocycles. The second kappa shape index (κ2) is 5.98. The lowest BCUT2D eigenvalue weighted by Gasteiger charge is -2.17. The summed E-state index contributed by atoms with van der Waals surface area (Å²) < 4.78 is 38.9. The molecule has 1 fully saturated rings. The summed E-state index contributed by atoms with van der Waals surface area (Å²) in [5, 5.41) is 8.59. The molecule has 0 saturated heterocycles. The summed E-state index contributed by atoms with van der Waals surface area (Å²) in [6.45, 7) is 0.0539. The van der Waals surface area contributed by atoms with Crippen LogP contribution in [0.2, 0.25) is 0 Å². The first-order valence-corrected chi connectivity index (χ1v) is 6.84. The smallest absolute Gasteiger partial charge is 0.416 e. The van der Waals surface area contributed by atoms with E-state index in [0.29, 0.717) is 6.42 Å². The van der Waals surface area contributed by atoms with Gasteiger partial charge in [0.2, 0.25) is 5.91 Å². The third kappa shape index (κ3) is 3.58. The van der Waals surface area contributed by atoms with Crippen molar-refractivity contribution in [2.75, 3.05) is 13.6 Å². The highest BCUT2D eigenvalue weighted by Crippen LogP contribution is 2.51. The van der Waals surface area contributed by atoms with Crippen LogP contribution in [0.5, 0.6) is 0 Å². The van der Waals surface area contributed by atoms with E-state index in [-0.39, 0.29) is 24.4 Å². The van der Waals surface area contributed by atoms with Crippen molar-refractivity contribution >= 4 is 11.9 Å². The first-order valence-electron chi connectivity index (χ1n) is 6.84. The number of hydrogen-bond donors (Lipinski definition) is 1. The number of nitrogens with zero attached hydrogens (tertiary/aromatic N) is 1. The van der Waals surface area contributed by atoms with Crippen molar-refractivity contribution in [3.63, 3.8) is 0 Å². The van der Waals surface area contributed by atoms with Crippen molar-refractivity contribution in [2.45, 2.75) is 24.9 Å². The Morgan fingerprint density at radius 2 is 1.95 bits per heavy atom. The minimum atomic E-state index is -4.44. The number of halogens is 3. The number of carboxylic acid groups (broad SMARTS) is 1. The van der Waals surface area contributed by atoms with Gasteiger partial charge in [-0.15, -0.1) is 0 Å². The van der Waals surface area contributed by atoms with Gasteiger partial charge < -0.3 is 10.0 Å². The molecular weight excluding hydrogens is 299 g/mol. The van der Waals surface area contributed by atoms with Gasteiger partial charge in [0.1, 0.15) is 0 Å². The molecule has 4 nitrogen and oxygen atoms in total. The Hall–Kier alpha value is -2.05. The second-order valence-electron chi connectivity index (χ2n) is 5.44. The molecule has 0 spiro atoms. The number of amides is 1. The molecule has 1 N–H and O–H groups in total. The van der Waals surface area contributed by atoms with Crippen LogP contribution in [-0.4, -0.2) is 35.5 Å². The highest BCUT2D eigenvalue weighted by atomic mass is 19.4. The molecule has 1 amide bonds. The number of alkyl halides is 3. The zero-order valence-corrected chi connectivity index (χ0v) is 11.9. The van der Waals surface area contributed by atoms with Crippen molar-refractivity contribution in [1.29, 1.82) is 0 Å². The molecule has 1 aromatic rings. The third-order valence-electron chi connectivity index (χ3n) is 3.81. The van der Waals surface area contributed by atoms with Gasteiger partial charge in [-0.05, 0) is 24.0 Å². The molecular formula is C15H16F3NO3. The molecule has 0 bridgehead atoms. The van der Waals surface area contributed by atoms with Crippen LogP contribution in [0.15, 0.2) is 24.3 Å². The van der Waals surface area contributed by atoms with E-state index in [1.807, 2.05) is 0 Å². The average Bonchev–Trinajstić information content (AvgIpc) is 3.23. The van der Waals surface area contributed by atoms with Gasteiger partial charge in [-0.25, -0.2) is 0 Å². The summed E-state index contributed by atoms with van der Waals surface area (Å²) >= 11 is 0. The molecule has 120 valence electrons. The number of carbonyl (C=O) groups is 2. The third-order valence-corrected chi connectivity index (χ3v) is 3.81. The van der Waals surface area contributed by atoms with Crippen molar-refractivity contribution in [3.05, 3.63) is 35.4 Å². The largest absolute Gasteiger partial charge is 0.481 e. The lowest BCUT2D eigenvalue weighted by molar-refractivity contribution is -0.140. The minimum absolute atomic E-state index is 0.0539. The van der Waals surface area contributed by atoms with Gasteiger partial charge in [-0.1, -0.05) is 18.2 Å². The summed E-state index contributed by atoms with van der Waals surface area (Å²) in [7, 11) is 1.47. The lowest BCUT2D eigenvalue weighted by Crippen LogP contribution is -2.30. The first-order chi connectivity index (χ1) is 10.2. The summed E-state index contributed by atoms with van der Waals surface area (Å²) in [5.74, 6) is -2.27. The minimum Gasteiger partial charge on any atom is -0.481 e. The summed E-state index contributed by atoms with van der Waals surface area (Å²) in [6, 6.07) is 5.27. The molecule has 0 heterocycles. The second-order valence-corrected chi connectivity index (χ2v) is 5.44. The molecule has 0 aliphatic heterocycles. The Kier molecular flexibility index (Phi) is 4.44. The molecule has 22 heavy (non-hydrogen) atoms. The van der Waals surface area contributed by atoms with Crippen molar-refractivity contribution in [1.82, 2.24) is 4.90 Å². The fraction of sp³-hybridized carbons (Fsp3) is 0.467. The van der Waals surface area contributed by atoms with Gasteiger partial charge in [0, 0.05) is 19.5 Å². The fourth-order valence-corrected chi connectivity index (χ4v) is 2.55. The number of carboxylic acids is 1. The van der Waals surface area contributed by atoms with E-state index in [1.165, 1.54) is 30.1 Å². The zero-order valence-electron chi connectivity index (χ0n) is 11.9. The van der Waals surface area contributed by atoms with E-state index in [9.17, 15) is 22.8 Å². The molecule has 2 rings (SSSR count). The maximum absolute atomic E-state index is 13.0. The van der Waals surface area contributed by atoms with E-state index in [1.54, 1.807) is 0 Å². The molecule has 2 unspecified atom stereocenters. The number of carbonyl (C=O) groups excluding carboxylic acids is 1. The van der Waals surface area contributed by atoms with E-state index < -0.39 is 29.5 Å². The van der Waals surface area contributed by atoms with Crippen molar-refractivity contribution in [2.24, 2.45) is 5.92 Å². The monoisotopic (exact) mass is 315 g/mol. The molecule has 1 aliphatic rings. The van der Waals surface area contributed by atoms with Gasteiger partial charge in [0.25, 0.3) is 0 Å². The van der Waals surface area contributed by atoms with Crippen LogP contribution < -0.4 is 0 Å². The van der Waals surface area contributed by atoms with Crippen molar-refractivity contribution < 1.29 is 27.9 Å². The molecule has 2 atom stereocenters. The normalized spacial score (nSPS) is 20.5. The molecule has 0 radical (unpaired) electrons. The Morgan fingerprint density at radius 3 is 2.55 bits per heavy atom. The summed E-state index contributed by atoms with van der Waals surface area (Å²) in [5.41, 5.74) is -0.566. The molecule has 1 saturated carbocycles. The van der Waals surface area contributed by atoms with Gasteiger partial charge in [0.15, 0.2) is 0 Å². The highest BCUT2D eigenvalue weighted by Gasteiger charge is 2.48. The fourth-order valence-electron chi connectivity index (χ4n) is 2.55. The van der Waals surface area contributed by atoms with Crippen molar-refractivity contribution in [3.8, 4) is 0 Å². The van der Waals surface area contributed by atoms with Crippen LogP contribution in [0.4, 0.5) is 13.2 Å². The summed E-state index contributed by atoms with van der Waals surface area (Å²) in [6.07, 6.45) is -4.26. The van der Waals surface area contributed by atoms with Crippen LogP contribution in [0.3, 0.4) is 0 Å². The van der Waals surface area contributed by atoms with E-state index in [4.69, 9.17) is 5.11 Å². The maximum atomic E-state index is 13.0. The Morgan fingerprint density at radius 1 is 1.32 bits per heavy atom. The van der Waals surface area contributed by atoms with Crippen LogP contribution in [-0.2, 0) is 15.8 Å². The predicted octanol–water partition coefficient (Wildman–Crippen LogP) is 2.74. The van der Waals surface area contributed by atoms with Gasteiger partial charge in [-0.2, -0.15) is 13.2 Å². The van der Waals surface area contributed by atoms with Gasteiger partial charge in [-0.3, -0.25) is 9.59 Å². The quantitative estimate of drug-likeness (QED) is 0.909. The number of aliphatic carboxylic acids is 1. The predicted molar refractivity (Wildman–Crippen MR) is 72.2 cm³/mol. The van der Waals surface area contributed by atoms with Gasteiger partial charge in [0.05, 0.1) is 12.0 Å². The Labute approximate surface area is 125 Å². The van der Waals surface area contributed by atoms with E-state index >= 15 is 0 Å². The van der Waals surface area contributed by atoms with E-state index in [0.717, 1.165) is 6.07 Å². The Bertz CT molecular complexity index is 586. The van der Waals surface area contributed by atoms with Crippen LogP contribution in [0, 0.1) is 5.92 Å². The Balaban J connectivity index is 2.07. The topological polar surface area (TPSA) is 57.6 Å². The zero-order chi connectivity index (χ0) is 16.5.